The second-order valence-electron chi connectivity index (χ2n) is 9.12. The van der Waals surface area contributed by atoms with Crippen LogP contribution in [-0.2, 0) is 4.79 Å². The molecule has 0 spiro atoms. The standard InChI is InChI=1S/C25H30N6O/c1-16(2)24-21-13-18(17-6-9-30(10-7-17)15-23(32)26-3)4-5-22(21)28-25(24)19-8-11-31-20(12-19)14-27-29-31/h4-5,8,11-14,16-17,28H,6-7,9-10,15H2,1-3H3,(H,26,32). The van der Waals surface area contributed by atoms with Gasteiger partial charge >= 0.3 is 0 Å². The minimum atomic E-state index is 0.0937. The number of benzene rings is 1. The van der Waals surface area contributed by atoms with E-state index in [4.69, 9.17) is 0 Å². The molecule has 1 fully saturated rings. The monoisotopic (exact) mass is 430 g/mol. The molecule has 0 radical (unpaired) electrons. The number of hydrogen-bond donors (Lipinski definition) is 2. The van der Waals surface area contributed by atoms with Gasteiger partial charge in [-0.25, -0.2) is 4.52 Å². The number of aromatic nitrogens is 4. The number of aromatic amines is 1. The molecule has 0 atom stereocenters. The van der Waals surface area contributed by atoms with Crippen molar-refractivity contribution in [3.63, 3.8) is 0 Å². The van der Waals surface area contributed by atoms with Gasteiger partial charge in [-0.1, -0.05) is 25.1 Å². The van der Waals surface area contributed by atoms with Gasteiger partial charge in [-0.2, -0.15) is 0 Å². The van der Waals surface area contributed by atoms with E-state index in [0.717, 1.165) is 37.0 Å². The summed E-state index contributed by atoms with van der Waals surface area (Å²) in [4.78, 5) is 17.6. The van der Waals surface area contributed by atoms with E-state index in [-0.39, 0.29) is 5.91 Å². The van der Waals surface area contributed by atoms with Crippen LogP contribution in [0.2, 0.25) is 0 Å². The second-order valence-corrected chi connectivity index (χ2v) is 9.12. The van der Waals surface area contributed by atoms with Gasteiger partial charge in [0.15, 0.2) is 0 Å². The first kappa shape index (κ1) is 20.7. The van der Waals surface area contributed by atoms with Crippen LogP contribution in [0.25, 0.3) is 27.7 Å². The van der Waals surface area contributed by atoms with E-state index < -0.39 is 0 Å². The summed E-state index contributed by atoms with van der Waals surface area (Å²) >= 11 is 0. The Kier molecular flexibility index (Phi) is 5.43. The summed E-state index contributed by atoms with van der Waals surface area (Å²) < 4.78 is 1.79. The maximum Gasteiger partial charge on any atom is 0.233 e. The number of nitrogens with one attached hydrogen (secondary N) is 2. The largest absolute Gasteiger partial charge is 0.358 e. The molecule has 32 heavy (non-hydrogen) atoms. The highest BCUT2D eigenvalue weighted by molar-refractivity contribution is 5.92. The highest BCUT2D eigenvalue weighted by atomic mass is 16.1. The molecule has 1 amide bonds. The van der Waals surface area contributed by atoms with Gasteiger partial charge in [-0.05, 0) is 73.2 Å². The minimum Gasteiger partial charge on any atom is -0.358 e. The number of nitrogens with zero attached hydrogens (tertiary/aromatic N) is 4. The molecule has 7 heteroatoms. The number of rotatable bonds is 5. The number of fused-ring (bicyclic) bond motifs is 2. The number of piperidine rings is 1. The molecule has 4 aromatic rings. The van der Waals surface area contributed by atoms with Gasteiger partial charge in [-0.3, -0.25) is 9.69 Å². The van der Waals surface area contributed by atoms with Crippen LogP contribution < -0.4 is 5.32 Å². The van der Waals surface area contributed by atoms with Crippen LogP contribution in [-0.4, -0.2) is 57.3 Å². The molecule has 0 bridgehead atoms. The van der Waals surface area contributed by atoms with E-state index in [1.54, 1.807) is 17.8 Å². The fourth-order valence-corrected chi connectivity index (χ4v) is 5.00. The number of amides is 1. The molecule has 1 aromatic carbocycles. The molecule has 166 valence electrons. The molecule has 0 aliphatic carbocycles. The SMILES string of the molecule is CNC(=O)CN1CCC(c2ccc3[nH]c(-c4ccn5nncc5c4)c(C(C)C)c3c2)CC1. The molecule has 5 rings (SSSR count). The van der Waals surface area contributed by atoms with Gasteiger partial charge in [-0.15, -0.1) is 5.10 Å². The first-order valence-corrected chi connectivity index (χ1v) is 11.4. The smallest absolute Gasteiger partial charge is 0.233 e. The molecule has 4 heterocycles. The summed E-state index contributed by atoms with van der Waals surface area (Å²) in [6.45, 7) is 6.94. The molecular formula is C25H30N6O. The molecule has 1 aliphatic heterocycles. The van der Waals surface area contributed by atoms with E-state index in [1.165, 1.54) is 27.7 Å². The van der Waals surface area contributed by atoms with Crippen molar-refractivity contribution in [1.29, 1.82) is 0 Å². The maximum atomic E-state index is 11.7. The normalized spacial score (nSPS) is 15.8. The molecule has 1 saturated heterocycles. The average Bonchev–Trinajstić information content (AvgIpc) is 3.42. The van der Waals surface area contributed by atoms with Gasteiger partial charge < -0.3 is 10.3 Å². The number of pyridine rings is 1. The third-order valence-electron chi connectivity index (χ3n) is 6.74. The van der Waals surface area contributed by atoms with E-state index in [1.807, 2.05) is 6.20 Å². The molecule has 2 N–H and O–H groups in total. The van der Waals surface area contributed by atoms with Gasteiger partial charge in [0, 0.05) is 29.7 Å². The fraction of sp³-hybridized carbons (Fsp3) is 0.400. The molecule has 0 unspecified atom stereocenters. The maximum absolute atomic E-state index is 11.7. The molecule has 1 aliphatic rings. The highest BCUT2D eigenvalue weighted by Gasteiger charge is 2.23. The van der Waals surface area contributed by atoms with Crippen LogP contribution in [0.15, 0.2) is 42.7 Å². The Bertz CT molecular complexity index is 1260. The predicted molar refractivity (Wildman–Crippen MR) is 127 cm³/mol. The summed E-state index contributed by atoms with van der Waals surface area (Å²) in [5.41, 5.74) is 7.26. The third kappa shape index (κ3) is 3.77. The van der Waals surface area contributed by atoms with E-state index in [9.17, 15) is 4.79 Å². The Balaban J connectivity index is 1.46. The topological polar surface area (TPSA) is 78.3 Å². The molecule has 0 saturated carbocycles. The zero-order valence-corrected chi connectivity index (χ0v) is 18.9. The van der Waals surface area contributed by atoms with Gasteiger partial charge in [0.1, 0.15) is 0 Å². The second kappa shape index (κ2) is 8.39. The summed E-state index contributed by atoms with van der Waals surface area (Å²) in [5, 5.41) is 12.1. The molecule has 7 nitrogen and oxygen atoms in total. The van der Waals surface area contributed by atoms with Gasteiger partial charge in [0.25, 0.3) is 0 Å². The van der Waals surface area contributed by atoms with Crippen LogP contribution in [0.5, 0.6) is 0 Å². The number of carbonyl (C=O) groups excluding carboxylic acids is 1. The van der Waals surface area contributed by atoms with Crippen molar-refractivity contribution in [3.05, 3.63) is 53.9 Å². The Morgan fingerprint density at radius 2 is 2.03 bits per heavy atom. The van der Waals surface area contributed by atoms with Crippen molar-refractivity contribution in [2.75, 3.05) is 26.7 Å². The van der Waals surface area contributed by atoms with Gasteiger partial charge in [0.2, 0.25) is 5.91 Å². The van der Waals surface area contributed by atoms with Crippen molar-refractivity contribution in [2.24, 2.45) is 0 Å². The van der Waals surface area contributed by atoms with E-state index >= 15 is 0 Å². The lowest BCUT2D eigenvalue weighted by Gasteiger charge is -2.31. The van der Waals surface area contributed by atoms with Crippen molar-refractivity contribution in [2.45, 2.75) is 38.5 Å². The quantitative estimate of drug-likeness (QED) is 0.503. The zero-order valence-electron chi connectivity index (χ0n) is 18.9. The van der Waals surface area contributed by atoms with Crippen molar-refractivity contribution in [3.8, 4) is 11.3 Å². The number of H-pyrrole nitrogens is 1. The fourth-order valence-electron chi connectivity index (χ4n) is 5.00. The summed E-state index contributed by atoms with van der Waals surface area (Å²) in [5.74, 6) is 1.02. The number of hydrogen-bond acceptors (Lipinski definition) is 4. The highest BCUT2D eigenvalue weighted by Crippen LogP contribution is 2.38. The zero-order chi connectivity index (χ0) is 22.2. The number of carbonyl (C=O) groups is 1. The third-order valence-corrected chi connectivity index (χ3v) is 6.74. The molecular weight excluding hydrogens is 400 g/mol. The summed E-state index contributed by atoms with van der Waals surface area (Å²) in [6.07, 6.45) is 5.92. The Morgan fingerprint density at radius 1 is 1.22 bits per heavy atom. The average molecular weight is 431 g/mol. The first-order valence-electron chi connectivity index (χ1n) is 11.4. The molecule has 3 aromatic heterocycles. The predicted octanol–water partition coefficient (Wildman–Crippen LogP) is 3.93. The Labute approximate surface area is 187 Å². The minimum absolute atomic E-state index is 0.0937. The van der Waals surface area contributed by atoms with Crippen LogP contribution in [0.3, 0.4) is 0 Å². The van der Waals surface area contributed by atoms with Crippen molar-refractivity contribution >= 4 is 22.3 Å². The van der Waals surface area contributed by atoms with E-state index in [2.05, 4.69) is 69.7 Å². The van der Waals surface area contributed by atoms with Crippen LogP contribution >= 0.6 is 0 Å². The van der Waals surface area contributed by atoms with Gasteiger partial charge in [0.05, 0.1) is 24.0 Å². The Hall–Kier alpha value is -3.19. The lowest BCUT2D eigenvalue weighted by Crippen LogP contribution is -2.40. The van der Waals surface area contributed by atoms with Crippen molar-refractivity contribution < 1.29 is 4.79 Å². The first-order chi connectivity index (χ1) is 15.5. The van der Waals surface area contributed by atoms with Crippen LogP contribution in [0, 0.1) is 0 Å². The number of likely N-dealkylation sites (tertiary alicyclic amines) is 1. The lowest BCUT2D eigenvalue weighted by atomic mass is 9.87. The van der Waals surface area contributed by atoms with Crippen molar-refractivity contribution in [1.82, 2.24) is 30.0 Å². The lowest BCUT2D eigenvalue weighted by molar-refractivity contribution is -0.122. The summed E-state index contributed by atoms with van der Waals surface area (Å²) in [6, 6.07) is 11.1. The van der Waals surface area contributed by atoms with Crippen LogP contribution in [0.1, 0.15) is 49.7 Å². The summed E-state index contributed by atoms with van der Waals surface area (Å²) in [7, 11) is 1.70. The van der Waals surface area contributed by atoms with Crippen LogP contribution in [0.4, 0.5) is 0 Å². The van der Waals surface area contributed by atoms with E-state index in [0.29, 0.717) is 18.4 Å². The Morgan fingerprint density at radius 3 is 2.78 bits per heavy atom. The number of likely N-dealkylation sites (N-methyl/N-ethyl adjacent to an activating group) is 1.